The van der Waals surface area contributed by atoms with Crippen LogP contribution in [0.4, 0.5) is 11.4 Å². The zero-order valence-electron chi connectivity index (χ0n) is 14.3. The van der Waals surface area contributed by atoms with Gasteiger partial charge >= 0.3 is 0 Å². The summed E-state index contributed by atoms with van der Waals surface area (Å²) in [6, 6.07) is 13.0. The predicted octanol–water partition coefficient (Wildman–Crippen LogP) is 3.15. The van der Waals surface area contributed by atoms with Crippen LogP contribution in [-0.2, 0) is 4.79 Å². The number of hydrogen-bond donors (Lipinski definition) is 1. The largest absolute Gasteiger partial charge is 0.326 e. The van der Waals surface area contributed by atoms with Gasteiger partial charge in [-0.15, -0.1) is 0 Å². The summed E-state index contributed by atoms with van der Waals surface area (Å²) >= 11 is 0. The summed E-state index contributed by atoms with van der Waals surface area (Å²) in [6.45, 7) is 2.00. The molecule has 2 aromatic carbocycles. The summed E-state index contributed by atoms with van der Waals surface area (Å²) in [5, 5.41) is 14.2. The molecule has 2 amide bonds. The van der Waals surface area contributed by atoms with Crippen LogP contribution < -0.4 is 5.32 Å². The molecule has 0 aliphatic carbocycles. The van der Waals surface area contributed by atoms with Gasteiger partial charge in [0.15, 0.2) is 0 Å². The number of nitrogens with one attached hydrogen (secondary N) is 1. The Kier molecular flexibility index (Phi) is 4.97. The van der Waals surface area contributed by atoms with Gasteiger partial charge in [0.1, 0.15) is 11.6 Å². The predicted molar refractivity (Wildman–Crippen MR) is 97.0 cm³/mol. The molecule has 7 nitrogen and oxygen atoms in total. The molecule has 0 saturated carbocycles. The second kappa shape index (κ2) is 7.35. The van der Waals surface area contributed by atoms with E-state index in [4.69, 9.17) is 0 Å². The first-order valence-corrected chi connectivity index (χ1v) is 8.40. The number of carbonyl (C=O) groups is 2. The Morgan fingerprint density at radius 2 is 1.88 bits per heavy atom. The van der Waals surface area contributed by atoms with Crippen molar-refractivity contribution in [3.05, 3.63) is 69.8 Å². The minimum Gasteiger partial charge on any atom is -0.326 e. The number of nitrogens with zero attached hydrogens (tertiary/aromatic N) is 2. The van der Waals surface area contributed by atoms with Crippen LogP contribution in [-0.4, -0.2) is 34.2 Å². The van der Waals surface area contributed by atoms with Gasteiger partial charge in [-0.3, -0.25) is 19.7 Å². The number of anilines is 1. The summed E-state index contributed by atoms with van der Waals surface area (Å²) in [6.07, 6.45) is 1.21. The Morgan fingerprint density at radius 3 is 2.58 bits per heavy atom. The molecule has 0 spiro atoms. The molecule has 1 N–H and O–H groups in total. The molecule has 0 aromatic heterocycles. The van der Waals surface area contributed by atoms with E-state index < -0.39 is 16.9 Å². The van der Waals surface area contributed by atoms with E-state index in [0.29, 0.717) is 30.6 Å². The van der Waals surface area contributed by atoms with Gasteiger partial charge < -0.3 is 10.2 Å². The summed E-state index contributed by atoms with van der Waals surface area (Å²) in [5.74, 6) is -0.761. The second-order valence-corrected chi connectivity index (χ2v) is 6.24. The van der Waals surface area contributed by atoms with Crippen molar-refractivity contribution in [2.75, 3.05) is 11.9 Å². The fourth-order valence-corrected chi connectivity index (χ4v) is 3.26. The van der Waals surface area contributed by atoms with Gasteiger partial charge in [-0.2, -0.15) is 0 Å². The number of carbonyl (C=O) groups excluding carboxylic acids is 2. The Labute approximate surface area is 150 Å². The van der Waals surface area contributed by atoms with Gasteiger partial charge in [0.25, 0.3) is 11.6 Å². The highest BCUT2D eigenvalue weighted by Gasteiger charge is 2.37. The van der Waals surface area contributed by atoms with Crippen LogP contribution in [0.25, 0.3) is 0 Å². The zero-order valence-corrected chi connectivity index (χ0v) is 14.3. The van der Waals surface area contributed by atoms with E-state index in [2.05, 4.69) is 5.32 Å². The van der Waals surface area contributed by atoms with E-state index in [0.717, 1.165) is 0 Å². The number of para-hydroxylation sites is 2. The molecule has 1 aliphatic heterocycles. The zero-order chi connectivity index (χ0) is 18.7. The lowest BCUT2D eigenvalue weighted by molar-refractivity contribution is -0.385. The van der Waals surface area contributed by atoms with Crippen LogP contribution in [0.3, 0.4) is 0 Å². The first-order chi connectivity index (χ1) is 12.5. The number of likely N-dealkylation sites (tertiary alicyclic amines) is 1. The first kappa shape index (κ1) is 17.6. The molecule has 26 heavy (non-hydrogen) atoms. The van der Waals surface area contributed by atoms with Gasteiger partial charge in [0.05, 0.1) is 4.92 Å². The lowest BCUT2D eigenvalue weighted by Gasteiger charge is -2.24. The molecule has 2 aromatic rings. The Balaban J connectivity index is 1.84. The standard InChI is InChI=1S/C19H19N3O4/c1-13-7-5-10-15(17(13)22(25)26)19(24)21-12-6-11-16(21)18(23)20-14-8-3-2-4-9-14/h2-5,7-10,16H,6,11-12H2,1H3,(H,20,23)/t16-/m0/s1. The fourth-order valence-electron chi connectivity index (χ4n) is 3.26. The minimum absolute atomic E-state index is 0.0226. The number of nitro groups is 1. The number of benzene rings is 2. The molecular formula is C19H19N3O4. The molecule has 7 heteroatoms. The molecule has 1 aliphatic rings. The maximum atomic E-state index is 12.9. The molecule has 1 atom stereocenters. The van der Waals surface area contributed by atoms with E-state index in [1.54, 1.807) is 31.2 Å². The quantitative estimate of drug-likeness (QED) is 0.675. The molecule has 134 valence electrons. The van der Waals surface area contributed by atoms with Crippen molar-refractivity contribution in [2.45, 2.75) is 25.8 Å². The van der Waals surface area contributed by atoms with E-state index in [9.17, 15) is 19.7 Å². The summed E-state index contributed by atoms with van der Waals surface area (Å²) in [7, 11) is 0. The highest BCUT2D eigenvalue weighted by Crippen LogP contribution is 2.28. The van der Waals surface area contributed by atoms with Gasteiger partial charge in [0, 0.05) is 17.8 Å². The highest BCUT2D eigenvalue weighted by molar-refractivity contribution is 6.03. The Morgan fingerprint density at radius 1 is 1.15 bits per heavy atom. The maximum absolute atomic E-state index is 12.9. The smallest absolute Gasteiger partial charge is 0.285 e. The molecule has 0 unspecified atom stereocenters. The summed E-state index contributed by atoms with van der Waals surface area (Å²) < 4.78 is 0. The number of nitro benzene ring substituents is 1. The number of hydrogen-bond acceptors (Lipinski definition) is 4. The van der Waals surface area contributed by atoms with Crippen molar-refractivity contribution in [3.63, 3.8) is 0 Å². The lowest BCUT2D eigenvalue weighted by atomic mass is 10.1. The molecular weight excluding hydrogens is 334 g/mol. The van der Waals surface area contributed by atoms with E-state index in [-0.39, 0.29) is 17.2 Å². The fraction of sp³-hybridized carbons (Fsp3) is 0.263. The Bertz CT molecular complexity index is 851. The van der Waals surface area contributed by atoms with E-state index >= 15 is 0 Å². The molecule has 0 bridgehead atoms. The lowest BCUT2D eigenvalue weighted by Crippen LogP contribution is -2.43. The van der Waals surface area contributed by atoms with Crippen molar-refractivity contribution < 1.29 is 14.5 Å². The van der Waals surface area contributed by atoms with Crippen molar-refractivity contribution in [2.24, 2.45) is 0 Å². The number of amides is 2. The van der Waals surface area contributed by atoms with Crippen LogP contribution in [0.2, 0.25) is 0 Å². The van der Waals surface area contributed by atoms with Gasteiger partial charge in [-0.1, -0.05) is 30.3 Å². The maximum Gasteiger partial charge on any atom is 0.285 e. The van der Waals surface area contributed by atoms with Crippen molar-refractivity contribution in [3.8, 4) is 0 Å². The summed E-state index contributed by atoms with van der Waals surface area (Å²) in [4.78, 5) is 37.8. The second-order valence-electron chi connectivity index (χ2n) is 6.24. The third kappa shape index (κ3) is 3.42. The number of rotatable bonds is 4. The van der Waals surface area contributed by atoms with Crippen LogP contribution in [0, 0.1) is 17.0 Å². The van der Waals surface area contributed by atoms with Crippen LogP contribution in [0.1, 0.15) is 28.8 Å². The molecule has 3 rings (SSSR count). The third-order valence-corrected chi connectivity index (χ3v) is 4.51. The Hall–Kier alpha value is -3.22. The van der Waals surface area contributed by atoms with Crippen molar-refractivity contribution in [1.29, 1.82) is 0 Å². The van der Waals surface area contributed by atoms with Gasteiger partial charge in [0.2, 0.25) is 5.91 Å². The summed E-state index contributed by atoms with van der Waals surface area (Å²) in [5.41, 5.74) is 0.893. The SMILES string of the molecule is Cc1cccc(C(=O)N2CCC[C@H]2C(=O)Nc2ccccc2)c1[N+](=O)[O-]. The van der Waals surface area contributed by atoms with Gasteiger partial charge in [-0.25, -0.2) is 0 Å². The van der Waals surface area contributed by atoms with Crippen LogP contribution in [0.15, 0.2) is 48.5 Å². The molecule has 1 fully saturated rings. The first-order valence-electron chi connectivity index (χ1n) is 8.40. The van der Waals surface area contributed by atoms with Crippen LogP contribution in [0.5, 0.6) is 0 Å². The molecule has 0 radical (unpaired) electrons. The van der Waals surface area contributed by atoms with E-state index in [1.165, 1.54) is 11.0 Å². The number of aryl methyl sites for hydroxylation is 1. The molecule has 1 heterocycles. The van der Waals surface area contributed by atoms with Gasteiger partial charge in [-0.05, 0) is 38.0 Å². The third-order valence-electron chi connectivity index (χ3n) is 4.51. The average Bonchev–Trinajstić information content (AvgIpc) is 3.11. The van der Waals surface area contributed by atoms with Crippen LogP contribution >= 0.6 is 0 Å². The normalized spacial score (nSPS) is 16.3. The minimum atomic E-state index is -0.636. The molecule has 1 saturated heterocycles. The highest BCUT2D eigenvalue weighted by atomic mass is 16.6. The topological polar surface area (TPSA) is 92.6 Å². The van der Waals surface area contributed by atoms with Crippen molar-refractivity contribution >= 4 is 23.2 Å². The van der Waals surface area contributed by atoms with E-state index in [1.807, 2.05) is 18.2 Å². The van der Waals surface area contributed by atoms with Crippen molar-refractivity contribution in [1.82, 2.24) is 4.90 Å². The monoisotopic (exact) mass is 353 g/mol. The average molecular weight is 353 g/mol.